The van der Waals surface area contributed by atoms with E-state index in [4.69, 9.17) is 0 Å². The van der Waals surface area contributed by atoms with Crippen LogP contribution in [0.25, 0.3) is 0 Å². The summed E-state index contributed by atoms with van der Waals surface area (Å²) in [6.07, 6.45) is 2.17. The van der Waals surface area contributed by atoms with Gasteiger partial charge in [-0.05, 0) is 77.4 Å². The highest BCUT2D eigenvalue weighted by atomic mass is 19.1. The van der Waals surface area contributed by atoms with Crippen LogP contribution in [0.2, 0.25) is 0 Å². The number of aliphatic imine (C=N–C) groups is 1. The van der Waals surface area contributed by atoms with Crippen molar-refractivity contribution in [1.82, 2.24) is 10.6 Å². The molecule has 0 spiro atoms. The average Bonchev–Trinajstić information content (AvgIpc) is 3.29. The Bertz CT molecular complexity index is 784. The van der Waals surface area contributed by atoms with E-state index >= 15 is 0 Å². The zero-order valence-electron chi connectivity index (χ0n) is 16.3. The van der Waals surface area contributed by atoms with Crippen molar-refractivity contribution in [1.29, 1.82) is 0 Å². The van der Waals surface area contributed by atoms with Crippen LogP contribution in [0.4, 0.5) is 4.39 Å². The van der Waals surface area contributed by atoms with Crippen LogP contribution in [0.3, 0.4) is 0 Å². The Morgan fingerprint density at radius 3 is 2.46 bits per heavy atom. The van der Waals surface area contributed by atoms with Gasteiger partial charge < -0.3 is 10.6 Å². The standard InChI is InChI=1S/C21H28FN3O/c1-13(2)18(15(4)19(23-6)25-21(5)9-10-21)20(26)24-12-16-7-8-17(22)11-14(16)3/h7-8,11,25H,6,9-10,12H2,1-5H3,(H,24,26)/b19-15-. The van der Waals surface area contributed by atoms with E-state index in [1.54, 1.807) is 6.07 Å². The first kappa shape index (κ1) is 19.9. The summed E-state index contributed by atoms with van der Waals surface area (Å²) in [4.78, 5) is 16.9. The van der Waals surface area contributed by atoms with Gasteiger partial charge in [-0.25, -0.2) is 9.38 Å². The molecular formula is C21H28FN3O. The molecule has 5 heteroatoms. The number of amides is 1. The van der Waals surface area contributed by atoms with Gasteiger partial charge in [-0.3, -0.25) is 4.79 Å². The van der Waals surface area contributed by atoms with E-state index in [9.17, 15) is 9.18 Å². The average molecular weight is 357 g/mol. The van der Waals surface area contributed by atoms with Crippen LogP contribution in [0.1, 0.15) is 51.7 Å². The smallest absolute Gasteiger partial charge is 0.251 e. The topological polar surface area (TPSA) is 53.5 Å². The number of allylic oxidation sites excluding steroid dienone is 1. The maximum absolute atomic E-state index is 13.2. The van der Waals surface area contributed by atoms with E-state index < -0.39 is 0 Å². The largest absolute Gasteiger partial charge is 0.365 e. The molecule has 1 aliphatic carbocycles. The van der Waals surface area contributed by atoms with Crippen LogP contribution in [-0.4, -0.2) is 18.2 Å². The number of carbonyl (C=O) groups excluding carboxylic acids is 1. The molecule has 1 aromatic carbocycles. The number of rotatable bonds is 7. The van der Waals surface area contributed by atoms with Gasteiger partial charge >= 0.3 is 0 Å². The predicted molar refractivity (Wildman–Crippen MR) is 104 cm³/mol. The SMILES string of the molecule is C=N/C(NC1(C)CC1)=C(\C)C(C(=O)NCc1ccc(F)cc1C)=C(C)C. The summed E-state index contributed by atoms with van der Waals surface area (Å²) in [5.41, 5.74) is 4.03. The molecule has 1 fully saturated rings. The minimum Gasteiger partial charge on any atom is -0.365 e. The number of halogens is 1. The first-order valence-electron chi connectivity index (χ1n) is 8.84. The van der Waals surface area contributed by atoms with Crippen molar-refractivity contribution in [3.8, 4) is 0 Å². The normalized spacial score (nSPS) is 15.6. The fraction of sp³-hybridized carbons (Fsp3) is 0.429. The number of nitrogens with one attached hydrogen (secondary N) is 2. The van der Waals surface area contributed by atoms with Crippen molar-refractivity contribution >= 4 is 12.6 Å². The van der Waals surface area contributed by atoms with Crippen LogP contribution in [0.15, 0.2) is 45.7 Å². The third kappa shape index (κ3) is 4.81. The molecule has 0 radical (unpaired) electrons. The number of carbonyl (C=O) groups is 1. The molecule has 0 heterocycles. The number of nitrogens with zero attached hydrogens (tertiary/aromatic N) is 1. The third-order valence-electron chi connectivity index (χ3n) is 4.78. The van der Waals surface area contributed by atoms with Gasteiger partial charge in [-0.2, -0.15) is 0 Å². The third-order valence-corrected chi connectivity index (χ3v) is 4.78. The zero-order valence-corrected chi connectivity index (χ0v) is 16.3. The summed E-state index contributed by atoms with van der Waals surface area (Å²) in [6, 6.07) is 4.57. The molecule has 26 heavy (non-hydrogen) atoms. The van der Waals surface area contributed by atoms with Gasteiger partial charge in [0.2, 0.25) is 0 Å². The van der Waals surface area contributed by atoms with Gasteiger partial charge in [0.15, 0.2) is 0 Å². The Hall–Kier alpha value is -2.43. The molecule has 0 unspecified atom stereocenters. The summed E-state index contributed by atoms with van der Waals surface area (Å²) in [5.74, 6) is 0.201. The molecule has 2 N–H and O–H groups in total. The molecule has 0 aromatic heterocycles. The molecule has 1 amide bonds. The van der Waals surface area contributed by atoms with Crippen LogP contribution in [0.5, 0.6) is 0 Å². The quantitative estimate of drug-likeness (QED) is 0.437. The molecule has 140 valence electrons. The van der Waals surface area contributed by atoms with Gasteiger partial charge in [-0.1, -0.05) is 11.6 Å². The predicted octanol–water partition coefficient (Wildman–Crippen LogP) is 4.16. The van der Waals surface area contributed by atoms with Crippen molar-refractivity contribution in [2.24, 2.45) is 4.99 Å². The van der Waals surface area contributed by atoms with Gasteiger partial charge in [-0.15, -0.1) is 0 Å². The Labute approximate surface area is 155 Å². The van der Waals surface area contributed by atoms with Crippen LogP contribution in [-0.2, 0) is 11.3 Å². The van der Waals surface area contributed by atoms with Crippen molar-refractivity contribution in [3.05, 3.63) is 57.7 Å². The van der Waals surface area contributed by atoms with E-state index in [1.807, 2.05) is 27.7 Å². The van der Waals surface area contributed by atoms with Crippen LogP contribution in [0, 0.1) is 12.7 Å². The van der Waals surface area contributed by atoms with E-state index in [1.165, 1.54) is 12.1 Å². The number of benzene rings is 1. The molecule has 2 rings (SSSR count). The van der Waals surface area contributed by atoms with E-state index in [0.29, 0.717) is 17.9 Å². The summed E-state index contributed by atoms with van der Waals surface area (Å²) < 4.78 is 13.2. The fourth-order valence-electron chi connectivity index (χ4n) is 2.86. The van der Waals surface area contributed by atoms with Crippen LogP contribution >= 0.6 is 0 Å². The van der Waals surface area contributed by atoms with E-state index in [2.05, 4.69) is 29.3 Å². The lowest BCUT2D eigenvalue weighted by atomic mass is 10.0. The Morgan fingerprint density at radius 2 is 1.96 bits per heavy atom. The van der Waals surface area contributed by atoms with Crippen molar-refractivity contribution in [2.75, 3.05) is 0 Å². The molecule has 4 nitrogen and oxygen atoms in total. The Balaban J connectivity index is 2.19. The molecule has 0 bridgehead atoms. The molecule has 0 aliphatic heterocycles. The lowest BCUT2D eigenvalue weighted by Crippen LogP contribution is -2.30. The molecule has 1 saturated carbocycles. The van der Waals surface area contributed by atoms with Gasteiger partial charge in [0.25, 0.3) is 5.91 Å². The van der Waals surface area contributed by atoms with E-state index in [0.717, 1.165) is 35.1 Å². The molecule has 1 aromatic rings. The first-order chi connectivity index (χ1) is 12.2. The second-order valence-corrected chi connectivity index (χ2v) is 7.45. The Morgan fingerprint density at radius 1 is 1.31 bits per heavy atom. The highest BCUT2D eigenvalue weighted by Crippen LogP contribution is 2.36. The lowest BCUT2D eigenvalue weighted by Gasteiger charge is -2.19. The lowest BCUT2D eigenvalue weighted by molar-refractivity contribution is -0.117. The van der Waals surface area contributed by atoms with Crippen LogP contribution < -0.4 is 10.6 Å². The Kier molecular flexibility index (Phi) is 6.01. The molecular weight excluding hydrogens is 329 g/mol. The minimum absolute atomic E-state index is 0.0479. The second kappa shape index (κ2) is 7.85. The van der Waals surface area contributed by atoms with Crippen molar-refractivity contribution < 1.29 is 9.18 Å². The highest BCUT2D eigenvalue weighted by Gasteiger charge is 2.38. The highest BCUT2D eigenvalue weighted by molar-refractivity contribution is 5.98. The van der Waals surface area contributed by atoms with Gasteiger partial charge in [0, 0.05) is 23.2 Å². The van der Waals surface area contributed by atoms with Crippen molar-refractivity contribution in [3.63, 3.8) is 0 Å². The maximum atomic E-state index is 13.2. The zero-order chi connectivity index (χ0) is 19.5. The molecule has 1 aliphatic rings. The maximum Gasteiger partial charge on any atom is 0.251 e. The molecule has 0 atom stereocenters. The summed E-state index contributed by atoms with van der Waals surface area (Å²) in [7, 11) is 0. The number of hydrogen-bond acceptors (Lipinski definition) is 3. The second-order valence-electron chi connectivity index (χ2n) is 7.45. The monoisotopic (exact) mass is 357 g/mol. The van der Waals surface area contributed by atoms with Crippen molar-refractivity contribution in [2.45, 2.75) is 59.5 Å². The fourth-order valence-corrected chi connectivity index (χ4v) is 2.86. The summed E-state index contributed by atoms with van der Waals surface area (Å²) in [5, 5.41) is 6.33. The summed E-state index contributed by atoms with van der Waals surface area (Å²) >= 11 is 0. The first-order valence-corrected chi connectivity index (χ1v) is 8.84. The number of aryl methyl sites for hydroxylation is 1. The van der Waals surface area contributed by atoms with Gasteiger partial charge in [0.05, 0.1) is 0 Å². The van der Waals surface area contributed by atoms with E-state index in [-0.39, 0.29) is 17.3 Å². The number of hydrogen-bond donors (Lipinski definition) is 2. The summed E-state index contributed by atoms with van der Waals surface area (Å²) in [6.45, 7) is 13.6. The molecule has 0 saturated heterocycles. The van der Waals surface area contributed by atoms with Gasteiger partial charge in [0.1, 0.15) is 11.6 Å². The minimum atomic E-state index is -0.275.